The zero-order valence-electron chi connectivity index (χ0n) is 10.7. The highest BCUT2D eigenvalue weighted by Crippen LogP contribution is 2.18. The predicted molar refractivity (Wildman–Crippen MR) is 73.4 cm³/mol. The number of benzene rings is 1. The van der Waals surface area contributed by atoms with Crippen molar-refractivity contribution in [1.29, 1.82) is 0 Å². The van der Waals surface area contributed by atoms with Crippen LogP contribution in [0.25, 0.3) is 10.9 Å². The van der Waals surface area contributed by atoms with Crippen LogP contribution >= 0.6 is 0 Å². The summed E-state index contributed by atoms with van der Waals surface area (Å²) in [4.78, 5) is 16.7. The van der Waals surface area contributed by atoms with E-state index in [4.69, 9.17) is 0 Å². The van der Waals surface area contributed by atoms with Crippen LogP contribution in [0.5, 0.6) is 5.75 Å². The lowest BCUT2D eigenvalue weighted by atomic mass is 10.1. The number of phenolic OH excluding ortho intramolecular Hbond substituents is 1. The normalized spacial score (nSPS) is 20.3. The topological polar surface area (TPSA) is 67.1 Å². The number of rotatable bonds is 1. The standard InChI is InChI=1S/C14H17N3O2/c18-11-4-5-12-13(7-11)16-9-17(14(12)19)10-3-1-2-6-15-8-10/h4-5,7,9-10,15,18H,1-3,6,8H2. The molecule has 0 saturated carbocycles. The van der Waals surface area contributed by atoms with Crippen LogP contribution in [0.2, 0.25) is 0 Å². The Bertz CT molecular complexity index is 643. The molecule has 5 nitrogen and oxygen atoms in total. The van der Waals surface area contributed by atoms with E-state index < -0.39 is 0 Å². The Labute approximate surface area is 110 Å². The Hall–Kier alpha value is -1.88. The molecule has 1 saturated heterocycles. The second kappa shape index (κ2) is 5.01. The van der Waals surface area contributed by atoms with Crippen LogP contribution in [0.15, 0.2) is 29.3 Å². The van der Waals surface area contributed by atoms with Crippen molar-refractivity contribution in [3.05, 3.63) is 34.9 Å². The van der Waals surface area contributed by atoms with Crippen molar-refractivity contribution in [1.82, 2.24) is 14.9 Å². The van der Waals surface area contributed by atoms with Gasteiger partial charge in [0.1, 0.15) is 5.75 Å². The Kier molecular flexibility index (Phi) is 3.21. The molecule has 1 atom stereocenters. The molecule has 0 amide bonds. The fraction of sp³-hybridized carbons (Fsp3) is 0.429. The Morgan fingerprint density at radius 2 is 2.26 bits per heavy atom. The van der Waals surface area contributed by atoms with E-state index >= 15 is 0 Å². The average molecular weight is 259 g/mol. The smallest absolute Gasteiger partial charge is 0.261 e. The van der Waals surface area contributed by atoms with Gasteiger partial charge in [-0.1, -0.05) is 6.42 Å². The number of nitrogens with one attached hydrogen (secondary N) is 1. The summed E-state index contributed by atoms with van der Waals surface area (Å²) in [5.74, 6) is 0.133. The maximum atomic E-state index is 12.5. The molecule has 3 rings (SSSR count). The minimum absolute atomic E-state index is 0.0290. The predicted octanol–water partition coefficient (Wildman–Crippen LogP) is 1.42. The molecule has 0 spiro atoms. The number of hydrogen-bond donors (Lipinski definition) is 2. The van der Waals surface area contributed by atoms with Gasteiger partial charge in [-0.05, 0) is 31.5 Å². The van der Waals surface area contributed by atoms with Crippen molar-refractivity contribution in [2.75, 3.05) is 13.1 Å². The summed E-state index contributed by atoms with van der Waals surface area (Å²) in [6, 6.07) is 4.86. The van der Waals surface area contributed by atoms with E-state index in [-0.39, 0.29) is 17.4 Å². The first-order valence-corrected chi connectivity index (χ1v) is 6.66. The molecular formula is C14H17N3O2. The number of hydrogen-bond acceptors (Lipinski definition) is 4. The Balaban J connectivity index is 2.07. The van der Waals surface area contributed by atoms with E-state index in [1.165, 1.54) is 12.1 Å². The fourth-order valence-corrected chi connectivity index (χ4v) is 2.62. The monoisotopic (exact) mass is 259 g/mol. The molecule has 1 aromatic carbocycles. The van der Waals surface area contributed by atoms with Gasteiger partial charge in [0.2, 0.25) is 0 Å². The lowest BCUT2D eigenvalue weighted by Crippen LogP contribution is -2.31. The molecule has 0 aliphatic carbocycles. The molecule has 1 aromatic heterocycles. The molecule has 0 radical (unpaired) electrons. The van der Waals surface area contributed by atoms with Gasteiger partial charge in [-0.3, -0.25) is 9.36 Å². The first-order valence-electron chi connectivity index (χ1n) is 6.66. The SMILES string of the molecule is O=c1c2ccc(O)cc2ncn1C1CCCCNC1. The number of nitrogens with zero attached hydrogens (tertiary/aromatic N) is 2. The molecular weight excluding hydrogens is 242 g/mol. The van der Waals surface area contributed by atoms with Crippen LogP contribution in [0.3, 0.4) is 0 Å². The number of phenols is 1. The molecule has 100 valence electrons. The maximum absolute atomic E-state index is 12.5. The van der Waals surface area contributed by atoms with E-state index in [0.717, 1.165) is 32.4 Å². The van der Waals surface area contributed by atoms with Crippen molar-refractivity contribution in [3.63, 3.8) is 0 Å². The van der Waals surface area contributed by atoms with Crippen molar-refractivity contribution in [2.45, 2.75) is 25.3 Å². The number of aromatic hydroxyl groups is 1. The number of aromatic nitrogens is 2. The van der Waals surface area contributed by atoms with Gasteiger partial charge in [-0.15, -0.1) is 0 Å². The third kappa shape index (κ3) is 2.33. The van der Waals surface area contributed by atoms with E-state index in [0.29, 0.717) is 10.9 Å². The molecule has 1 aliphatic rings. The highest BCUT2D eigenvalue weighted by atomic mass is 16.3. The van der Waals surface area contributed by atoms with Crippen LogP contribution in [-0.2, 0) is 0 Å². The summed E-state index contributed by atoms with van der Waals surface area (Å²) in [5.41, 5.74) is 0.515. The van der Waals surface area contributed by atoms with Gasteiger partial charge in [-0.2, -0.15) is 0 Å². The van der Waals surface area contributed by atoms with Gasteiger partial charge in [0.05, 0.1) is 23.3 Å². The summed E-state index contributed by atoms with van der Waals surface area (Å²) >= 11 is 0. The molecule has 5 heteroatoms. The Morgan fingerprint density at radius 1 is 1.37 bits per heavy atom. The first-order chi connectivity index (χ1) is 9.25. The fourth-order valence-electron chi connectivity index (χ4n) is 2.62. The second-order valence-electron chi connectivity index (χ2n) is 5.01. The second-order valence-corrected chi connectivity index (χ2v) is 5.01. The maximum Gasteiger partial charge on any atom is 0.261 e. The molecule has 2 aromatic rings. The summed E-state index contributed by atoms with van der Waals surface area (Å²) in [6.45, 7) is 1.82. The third-order valence-corrected chi connectivity index (χ3v) is 3.68. The zero-order valence-corrected chi connectivity index (χ0v) is 10.7. The van der Waals surface area contributed by atoms with Crippen LogP contribution < -0.4 is 10.9 Å². The van der Waals surface area contributed by atoms with Crippen molar-refractivity contribution in [2.24, 2.45) is 0 Å². The summed E-state index contributed by atoms with van der Waals surface area (Å²) in [5, 5.41) is 13.3. The van der Waals surface area contributed by atoms with Crippen molar-refractivity contribution < 1.29 is 5.11 Å². The van der Waals surface area contributed by atoms with Gasteiger partial charge in [0.15, 0.2) is 0 Å². The highest BCUT2D eigenvalue weighted by Gasteiger charge is 2.16. The third-order valence-electron chi connectivity index (χ3n) is 3.68. The Morgan fingerprint density at radius 3 is 3.16 bits per heavy atom. The molecule has 1 unspecified atom stereocenters. The quantitative estimate of drug-likeness (QED) is 0.812. The van der Waals surface area contributed by atoms with E-state index in [1.807, 2.05) is 0 Å². The molecule has 1 aliphatic heterocycles. The zero-order chi connectivity index (χ0) is 13.2. The lowest BCUT2D eigenvalue weighted by molar-refractivity contribution is 0.446. The molecule has 19 heavy (non-hydrogen) atoms. The molecule has 2 N–H and O–H groups in total. The number of fused-ring (bicyclic) bond motifs is 1. The van der Waals surface area contributed by atoms with Gasteiger partial charge in [0, 0.05) is 12.6 Å². The van der Waals surface area contributed by atoms with Crippen LogP contribution in [0.4, 0.5) is 0 Å². The molecule has 1 fully saturated rings. The van der Waals surface area contributed by atoms with E-state index in [9.17, 15) is 9.90 Å². The van der Waals surface area contributed by atoms with E-state index in [1.54, 1.807) is 17.0 Å². The van der Waals surface area contributed by atoms with Gasteiger partial charge >= 0.3 is 0 Å². The summed E-state index contributed by atoms with van der Waals surface area (Å²) < 4.78 is 1.72. The minimum Gasteiger partial charge on any atom is -0.508 e. The van der Waals surface area contributed by atoms with Crippen LogP contribution in [0.1, 0.15) is 25.3 Å². The van der Waals surface area contributed by atoms with Gasteiger partial charge < -0.3 is 10.4 Å². The minimum atomic E-state index is -0.0290. The van der Waals surface area contributed by atoms with Gasteiger partial charge in [-0.25, -0.2) is 4.98 Å². The van der Waals surface area contributed by atoms with Gasteiger partial charge in [0.25, 0.3) is 5.56 Å². The lowest BCUT2D eigenvalue weighted by Gasteiger charge is -2.17. The largest absolute Gasteiger partial charge is 0.508 e. The molecule has 2 heterocycles. The highest BCUT2D eigenvalue weighted by molar-refractivity contribution is 5.78. The van der Waals surface area contributed by atoms with Crippen molar-refractivity contribution in [3.8, 4) is 5.75 Å². The summed E-state index contributed by atoms with van der Waals surface area (Å²) in [6.07, 6.45) is 4.87. The molecule has 0 bridgehead atoms. The first kappa shape index (κ1) is 12.2. The van der Waals surface area contributed by atoms with Crippen LogP contribution in [0, 0.1) is 0 Å². The van der Waals surface area contributed by atoms with Crippen molar-refractivity contribution >= 4 is 10.9 Å². The van der Waals surface area contributed by atoms with Crippen LogP contribution in [-0.4, -0.2) is 27.7 Å². The average Bonchev–Trinajstić information content (AvgIpc) is 2.68. The summed E-state index contributed by atoms with van der Waals surface area (Å²) in [7, 11) is 0. The van der Waals surface area contributed by atoms with E-state index in [2.05, 4.69) is 10.3 Å².